The number of aromatic nitrogens is 2. The number of likely N-dealkylation sites (N-methyl/N-ethyl adjacent to an activating group) is 1. The maximum atomic E-state index is 12.2. The molecule has 1 aliphatic heterocycles. The lowest BCUT2D eigenvalue weighted by molar-refractivity contribution is 0.00303. The van der Waals surface area contributed by atoms with Gasteiger partial charge in [0.25, 0.3) is 5.91 Å². The fraction of sp³-hybridized carbons (Fsp3) is 0.692. The summed E-state index contributed by atoms with van der Waals surface area (Å²) in [6.07, 6.45) is 5.22. The summed E-state index contributed by atoms with van der Waals surface area (Å²) in [6.45, 7) is 1.91. The second-order valence-electron chi connectivity index (χ2n) is 5.57. The Balaban J connectivity index is 1.98. The molecule has 1 amide bonds. The number of likely N-dealkylation sites (tertiary alicyclic amines) is 1. The molecule has 2 N–H and O–H groups in total. The zero-order valence-corrected chi connectivity index (χ0v) is 11.6. The molecule has 1 fully saturated rings. The molecule has 0 aliphatic carbocycles. The summed E-state index contributed by atoms with van der Waals surface area (Å²) in [7, 11) is 3.91. The summed E-state index contributed by atoms with van der Waals surface area (Å²) in [5, 5.41) is 10.6. The molecule has 1 aliphatic rings. The van der Waals surface area contributed by atoms with Crippen molar-refractivity contribution in [1.82, 2.24) is 19.8 Å². The molecule has 6 heteroatoms. The zero-order chi connectivity index (χ0) is 13.9. The number of aliphatic hydroxyl groups is 1. The molecule has 2 heterocycles. The van der Waals surface area contributed by atoms with Gasteiger partial charge in [0.05, 0.1) is 18.1 Å². The fourth-order valence-electron chi connectivity index (χ4n) is 2.67. The summed E-state index contributed by atoms with van der Waals surface area (Å²) in [5.41, 5.74) is -0.176. The third kappa shape index (κ3) is 3.54. The minimum atomic E-state index is -0.688. The predicted octanol–water partition coefficient (Wildman–Crippen LogP) is 0.328. The van der Waals surface area contributed by atoms with Gasteiger partial charge < -0.3 is 19.9 Å². The Kier molecular flexibility index (Phi) is 4.21. The minimum Gasteiger partial charge on any atom is -0.388 e. The molecular formula is C13H22N4O2. The van der Waals surface area contributed by atoms with Crippen molar-refractivity contribution < 1.29 is 9.90 Å². The number of carbonyl (C=O) groups excluding carboxylic acids is 1. The third-order valence-electron chi connectivity index (χ3n) is 3.54. The van der Waals surface area contributed by atoms with Crippen molar-refractivity contribution >= 4 is 5.91 Å². The van der Waals surface area contributed by atoms with Gasteiger partial charge in [-0.1, -0.05) is 0 Å². The van der Waals surface area contributed by atoms with Gasteiger partial charge >= 0.3 is 0 Å². The smallest absolute Gasteiger partial charge is 0.271 e. The lowest BCUT2D eigenvalue weighted by Crippen LogP contribution is -2.41. The highest BCUT2D eigenvalue weighted by Gasteiger charge is 2.32. The third-order valence-corrected chi connectivity index (χ3v) is 3.54. The molecule has 1 atom stereocenters. The van der Waals surface area contributed by atoms with Crippen LogP contribution in [0.1, 0.15) is 29.8 Å². The summed E-state index contributed by atoms with van der Waals surface area (Å²) >= 11 is 0. The predicted molar refractivity (Wildman–Crippen MR) is 71.8 cm³/mol. The van der Waals surface area contributed by atoms with Crippen molar-refractivity contribution in [3.63, 3.8) is 0 Å². The van der Waals surface area contributed by atoms with Crippen LogP contribution in [0.25, 0.3) is 0 Å². The number of rotatable bonds is 3. The number of imidazole rings is 1. The highest BCUT2D eigenvalue weighted by atomic mass is 16.3. The summed E-state index contributed by atoms with van der Waals surface area (Å²) < 4.78 is 0. The SMILES string of the molecule is CN(C)CC1(O)CCCN(C(=O)c2cnc[nH]2)CC1. The minimum absolute atomic E-state index is 0.0356. The van der Waals surface area contributed by atoms with E-state index >= 15 is 0 Å². The van der Waals surface area contributed by atoms with Crippen LogP contribution >= 0.6 is 0 Å². The molecule has 1 aromatic rings. The van der Waals surface area contributed by atoms with E-state index in [0.717, 1.165) is 12.8 Å². The van der Waals surface area contributed by atoms with Gasteiger partial charge in [-0.15, -0.1) is 0 Å². The molecule has 1 aromatic heterocycles. The normalized spacial score (nSPS) is 24.5. The van der Waals surface area contributed by atoms with E-state index < -0.39 is 5.60 Å². The molecular weight excluding hydrogens is 244 g/mol. The number of H-pyrrole nitrogens is 1. The molecule has 0 aromatic carbocycles. The van der Waals surface area contributed by atoms with Gasteiger partial charge in [-0.2, -0.15) is 0 Å². The van der Waals surface area contributed by atoms with Crippen molar-refractivity contribution in [3.8, 4) is 0 Å². The van der Waals surface area contributed by atoms with E-state index in [9.17, 15) is 9.90 Å². The van der Waals surface area contributed by atoms with Gasteiger partial charge in [-0.25, -0.2) is 4.98 Å². The number of nitrogens with one attached hydrogen (secondary N) is 1. The second kappa shape index (κ2) is 5.71. The summed E-state index contributed by atoms with van der Waals surface area (Å²) in [4.78, 5) is 22.7. The van der Waals surface area contributed by atoms with Gasteiger partial charge in [-0.05, 0) is 33.4 Å². The molecule has 1 unspecified atom stereocenters. The van der Waals surface area contributed by atoms with Crippen LogP contribution in [0.2, 0.25) is 0 Å². The average molecular weight is 266 g/mol. The van der Waals surface area contributed by atoms with Gasteiger partial charge in [0.1, 0.15) is 5.69 Å². The van der Waals surface area contributed by atoms with Crippen molar-refractivity contribution in [2.24, 2.45) is 0 Å². The quantitative estimate of drug-likeness (QED) is 0.827. The van der Waals surface area contributed by atoms with Gasteiger partial charge in [0.2, 0.25) is 0 Å². The highest BCUT2D eigenvalue weighted by molar-refractivity contribution is 5.92. The summed E-state index contributed by atoms with van der Waals surface area (Å²) in [6, 6.07) is 0. The standard InChI is InChI=1S/C13H22N4O2/c1-16(2)9-13(19)4-3-6-17(7-5-13)12(18)11-8-14-10-15-11/h8,10,19H,3-7,9H2,1-2H3,(H,14,15). The Labute approximate surface area is 113 Å². The number of aromatic amines is 1. The van der Waals surface area contributed by atoms with Crippen molar-refractivity contribution in [3.05, 3.63) is 18.2 Å². The van der Waals surface area contributed by atoms with Gasteiger partial charge in [0.15, 0.2) is 0 Å². The first-order valence-electron chi connectivity index (χ1n) is 6.65. The molecule has 1 saturated heterocycles. The van der Waals surface area contributed by atoms with E-state index in [2.05, 4.69) is 9.97 Å². The highest BCUT2D eigenvalue weighted by Crippen LogP contribution is 2.23. The number of amides is 1. The number of hydrogen-bond donors (Lipinski definition) is 2. The molecule has 19 heavy (non-hydrogen) atoms. The molecule has 6 nitrogen and oxygen atoms in total. The molecule has 0 spiro atoms. The molecule has 0 bridgehead atoms. The maximum Gasteiger partial charge on any atom is 0.271 e. The summed E-state index contributed by atoms with van der Waals surface area (Å²) in [5.74, 6) is -0.0356. The lowest BCUT2D eigenvalue weighted by atomic mass is 9.94. The van der Waals surface area contributed by atoms with E-state index in [1.165, 1.54) is 6.33 Å². The Hall–Kier alpha value is -1.40. The second-order valence-corrected chi connectivity index (χ2v) is 5.57. The first-order chi connectivity index (χ1) is 9.00. The van der Waals surface area contributed by atoms with Gasteiger partial charge in [0, 0.05) is 19.6 Å². The van der Waals surface area contributed by atoms with Gasteiger partial charge in [-0.3, -0.25) is 4.79 Å². The van der Waals surface area contributed by atoms with Crippen LogP contribution in [-0.2, 0) is 0 Å². The van der Waals surface area contributed by atoms with E-state index in [0.29, 0.717) is 31.7 Å². The van der Waals surface area contributed by atoms with Crippen LogP contribution in [0, 0.1) is 0 Å². The van der Waals surface area contributed by atoms with E-state index in [4.69, 9.17) is 0 Å². The van der Waals surface area contributed by atoms with Crippen LogP contribution in [-0.4, -0.2) is 70.1 Å². The Morgan fingerprint density at radius 3 is 2.95 bits per heavy atom. The van der Waals surface area contributed by atoms with E-state index in [-0.39, 0.29) is 5.91 Å². The Morgan fingerprint density at radius 2 is 2.32 bits per heavy atom. The van der Waals surface area contributed by atoms with E-state index in [1.54, 1.807) is 11.1 Å². The molecule has 0 saturated carbocycles. The average Bonchev–Trinajstić information content (AvgIpc) is 2.79. The maximum absolute atomic E-state index is 12.2. The first-order valence-corrected chi connectivity index (χ1v) is 6.65. The van der Waals surface area contributed by atoms with Crippen molar-refractivity contribution in [2.75, 3.05) is 33.7 Å². The zero-order valence-electron chi connectivity index (χ0n) is 11.6. The largest absolute Gasteiger partial charge is 0.388 e. The Morgan fingerprint density at radius 1 is 1.53 bits per heavy atom. The van der Waals surface area contributed by atoms with Crippen LogP contribution in [0.15, 0.2) is 12.5 Å². The number of hydrogen-bond acceptors (Lipinski definition) is 4. The van der Waals surface area contributed by atoms with Crippen LogP contribution in [0.5, 0.6) is 0 Å². The Bertz CT molecular complexity index is 418. The van der Waals surface area contributed by atoms with Crippen molar-refractivity contribution in [2.45, 2.75) is 24.9 Å². The van der Waals surface area contributed by atoms with E-state index in [1.807, 2.05) is 19.0 Å². The first kappa shape index (κ1) is 14.0. The lowest BCUT2D eigenvalue weighted by Gasteiger charge is -2.29. The number of carbonyl (C=O) groups is 1. The van der Waals surface area contributed by atoms with Crippen molar-refractivity contribution in [1.29, 1.82) is 0 Å². The fourth-order valence-corrected chi connectivity index (χ4v) is 2.67. The molecule has 106 valence electrons. The molecule has 2 rings (SSSR count). The van der Waals surface area contributed by atoms with Crippen LogP contribution < -0.4 is 0 Å². The van der Waals surface area contributed by atoms with Crippen LogP contribution in [0.3, 0.4) is 0 Å². The number of nitrogens with zero attached hydrogens (tertiary/aromatic N) is 3. The van der Waals surface area contributed by atoms with Crippen LogP contribution in [0.4, 0.5) is 0 Å². The topological polar surface area (TPSA) is 72.5 Å². The monoisotopic (exact) mass is 266 g/mol. The molecule has 0 radical (unpaired) electrons.